The summed E-state index contributed by atoms with van der Waals surface area (Å²) in [7, 11) is -3.61. The zero-order valence-corrected chi connectivity index (χ0v) is 11.7. The maximum absolute atomic E-state index is 12.2. The fraction of sp³-hybridized carbons (Fsp3) is 0.385. The van der Waals surface area contributed by atoms with Crippen molar-refractivity contribution in [2.75, 3.05) is 37.6 Å². The van der Waals surface area contributed by atoms with E-state index in [-0.39, 0.29) is 6.61 Å². The average Bonchev–Trinajstić information content (AvgIpc) is 2.47. The summed E-state index contributed by atoms with van der Waals surface area (Å²) in [5.41, 5.74) is 0.929. The van der Waals surface area contributed by atoms with Crippen molar-refractivity contribution in [1.29, 1.82) is 0 Å². The summed E-state index contributed by atoms with van der Waals surface area (Å²) in [6.07, 6.45) is 0. The van der Waals surface area contributed by atoms with E-state index in [2.05, 4.69) is 16.6 Å². The number of hydrogen-bond donors (Lipinski definition) is 2. The van der Waals surface area contributed by atoms with Gasteiger partial charge in [-0.25, -0.2) is 0 Å². The van der Waals surface area contributed by atoms with E-state index >= 15 is 0 Å². The molecule has 1 saturated heterocycles. The van der Waals surface area contributed by atoms with Gasteiger partial charge in [0.15, 0.2) is 0 Å². The first kappa shape index (κ1) is 14.8. The van der Waals surface area contributed by atoms with Gasteiger partial charge in [0, 0.05) is 18.7 Å². The molecule has 6 nitrogen and oxygen atoms in total. The van der Waals surface area contributed by atoms with Crippen LogP contribution in [-0.2, 0) is 14.9 Å². The maximum Gasteiger partial charge on any atom is 0.301 e. The standard InChI is InChI=1S/C13H16N2O4S/c16-9-3-5-12-4-1-2-6-13(12)14-20(17,18)15-7-10-19-11-8-15/h1-2,4,6,14,16H,7-11H2. The van der Waals surface area contributed by atoms with Crippen LogP contribution >= 0.6 is 0 Å². The fourth-order valence-corrected chi connectivity index (χ4v) is 3.02. The van der Waals surface area contributed by atoms with Crippen LogP contribution in [-0.4, -0.2) is 50.7 Å². The molecule has 0 aliphatic carbocycles. The zero-order valence-electron chi connectivity index (χ0n) is 10.9. The molecule has 0 atom stereocenters. The molecule has 7 heteroatoms. The topological polar surface area (TPSA) is 78.9 Å². The van der Waals surface area contributed by atoms with Gasteiger partial charge >= 0.3 is 10.2 Å². The lowest BCUT2D eigenvalue weighted by Crippen LogP contribution is -2.43. The minimum atomic E-state index is -3.61. The molecule has 108 valence electrons. The molecule has 0 amide bonds. The third kappa shape index (κ3) is 3.71. The van der Waals surface area contributed by atoms with Gasteiger partial charge in [0.2, 0.25) is 0 Å². The summed E-state index contributed by atoms with van der Waals surface area (Å²) < 4.78 is 33.5. The Morgan fingerprint density at radius 1 is 1.30 bits per heavy atom. The molecule has 2 N–H and O–H groups in total. The Morgan fingerprint density at radius 2 is 2.00 bits per heavy atom. The summed E-state index contributed by atoms with van der Waals surface area (Å²) in [5.74, 6) is 5.23. The van der Waals surface area contributed by atoms with Crippen LogP contribution in [0.15, 0.2) is 24.3 Å². The molecular weight excluding hydrogens is 280 g/mol. The lowest BCUT2D eigenvalue weighted by atomic mass is 10.2. The molecule has 0 aromatic heterocycles. The van der Waals surface area contributed by atoms with Crippen molar-refractivity contribution in [3.05, 3.63) is 29.8 Å². The first-order chi connectivity index (χ1) is 9.63. The molecule has 0 bridgehead atoms. The van der Waals surface area contributed by atoms with Crippen LogP contribution in [0.5, 0.6) is 0 Å². The molecular formula is C13H16N2O4S. The highest BCUT2D eigenvalue weighted by Gasteiger charge is 2.24. The van der Waals surface area contributed by atoms with Crippen molar-refractivity contribution in [2.24, 2.45) is 0 Å². The highest BCUT2D eigenvalue weighted by Crippen LogP contribution is 2.17. The van der Waals surface area contributed by atoms with Crippen LogP contribution in [0.2, 0.25) is 0 Å². The Kier molecular flexibility index (Phi) is 4.98. The Bertz CT molecular complexity index is 613. The molecule has 1 aliphatic rings. The number of rotatable bonds is 3. The van der Waals surface area contributed by atoms with E-state index in [4.69, 9.17) is 9.84 Å². The first-order valence-corrected chi connectivity index (χ1v) is 7.62. The fourth-order valence-electron chi connectivity index (χ4n) is 1.81. The third-order valence-corrected chi connectivity index (χ3v) is 4.30. The predicted octanol–water partition coefficient (Wildman–Crippen LogP) is 0.0193. The number of aliphatic hydroxyl groups is 1. The Labute approximate surface area is 118 Å². The summed E-state index contributed by atoms with van der Waals surface area (Å²) >= 11 is 0. The van der Waals surface area contributed by atoms with Gasteiger partial charge < -0.3 is 9.84 Å². The van der Waals surface area contributed by atoms with Crippen LogP contribution in [0.3, 0.4) is 0 Å². The highest BCUT2D eigenvalue weighted by molar-refractivity contribution is 7.90. The number of benzene rings is 1. The summed E-state index contributed by atoms with van der Waals surface area (Å²) in [4.78, 5) is 0. The first-order valence-electron chi connectivity index (χ1n) is 6.18. The van der Waals surface area contributed by atoms with Crippen LogP contribution in [0.1, 0.15) is 5.56 Å². The molecule has 1 fully saturated rings. The number of nitrogens with zero attached hydrogens (tertiary/aromatic N) is 1. The van der Waals surface area contributed by atoms with Crippen LogP contribution in [0.25, 0.3) is 0 Å². The Hall–Kier alpha value is -1.59. The van der Waals surface area contributed by atoms with Crippen LogP contribution < -0.4 is 4.72 Å². The van der Waals surface area contributed by atoms with E-state index in [1.54, 1.807) is 24.3 Å². The normalized spacial score (nSPS) is 16.2. The van der Waals surface area contributed by atoms with E-state index < -0.39 is 10.2 Å². The van der Waals surface area contributed by atoms with E-state index in [0.29, 0.717) is 37.6 Å². The van der Waals surface area contributed by atoms with Gasteiger partial charge in [-0.1, -0.05) is 24.0 Å². The second kappa shape index (κ2) is 6.72. The largest absolute Gasteiger partial charge is 0.384 e. The SMILES string of the molecule is O=S(=O)(Nc1ccccc1C#CCO)N1CCOCC1. The number of nitrogens with one attached hydrogen (secondary N) is 1. The van der Waals surface area contributed by atoms with Crippen LogP contribution in [0.4, 0.5) is 5.69 Å². The number of morpholine rings is 1. The van der Waals surface area contributed by atoms with Gasteiger partial charge in [0.25, 0.3) is 0 Å². The van der Waals surface area contributed by atoms with Crippen molar-refractivity contribution in [3.63, 3.8) is 0 Å². The van der Waals surface area contributed by atoms with Gasteiger partial charge in [-0.2, -0.15) is 12.7 Å². The monoisotopic (exact) mass is 296 g/mol. The van der Waals surface area contributed by atoms with Crippen molar-refractivity contribution in [1.82, 2.24) is 4.31 Å². The molecule has 1 aromatic rings. The van der Waals surface area contributed by atoms with Gasteiger partial charge in [0.1, 0.15) is 6.61 Å². The van der Waals surface area contributed by atoms with Gasteiger partial charge in [-0.3, -0.25) is 4.72 Å². The van der Waals surface area contributed by atoms with E-state index in [1.165, 1.54) is 4.31 Å². The molecule has 20 heavy (non-hydrogen) atoms. The lowest BCUT2D eigenvalue weighted by molar-refractivity contribution is 0.0733. The van der Waals surface area contributed by atoms with Crippen molar-refractivity contribution < 1.29 is 18.3 Å². The number of hydrogen-bond acceptors (Lipinski definition) is 4. The average molecular weight is 296 g/mol. The van der Waals surface area contributed by atoms with Crippen molar-refractivity contribution >= 4 is 15.9 Å². The van der Waals surface area contributed by atoms with Gasteiger partial charge in [-0.05, 0) is 12.1 Å². The molecule has 1 aliphatic heterocycles. The molecule has 0 saturated carbocycles. The summed E-state index contributed by atoms with van der Waals surface area (Å²) in [6.45, 7) is 1.18. The van der Waals surface area contributed by atoms with Gasteiger partial charge in [0.05, 0.1) is 18.9 Å². The maximum atomic E-state index is 12.2. The second-order valence-corrected chi connectivity index (χ2v) is 5.79. The minimum absolute atomic E-state index is 0.273. The third-order valence-electron chi connectivity index (χ3n) is 2.78. The summed E-state index contributed by atoms with van der Waals surface area (Å²) in [5, 5.41) is 8.72. The molecule has 0 spiro atoms. The highest BCUT2D eigenvalue weighted by atomic mass is 32.2. The minimum Gasteiger partial charge on any atom is -0.384 e. The van der Waals surface area contributed by atoms with E-state index in [0.717, 1.165) is 0 Å². The quantitative estimate of drug-likeness (QED) is 0.771. The number of ether oxygens (including phenoxy) is 1. The predicted molar refractivity (Wildman–Crippen MR) is 75.3 cm³/mol. The molecule has 1 heterocycles. The number of para-hydroxylation sites is 1. The van der Waals surface area contributed by atoms with E-state index in [1.807, 2.05) is 0 Å². The number of anilines is 1. The number of aliphatic hydroxyl groups excluding tert-OH is 1. The molecule has 1 aromatic carbocycles. The van der Waals surface area contributed by atoms with Crippen molar-refractivity contribution in [2.45, 2.75) is 0 Å². The zero-order chi connectivity index (χ0) is 14.4. The molecule has 0 radical (unpaired) electrons. The van der Waals surface area contributed by atoms with Crippen molar-refractivity contribution in [3.8, 4) is 11.8 Å². The van der Waals surface area contributed by atoms with Crippen LogP contribution in [0, 0.1) is 11.8 Å². The van der Waals surface area contributed by atoms with Gasteiger partial charge in [-0.15, -0.1) is 0 Å². The molecule has 2 rings (SSSR count). The smallest absolute Gasteiger partial charge is 0.301 e. The lowest BCUT2D eigenvalue weighted by Gasteiger charge is -2.26. The Morgan fingerprint density at radius 3 is 2.70 bits per heavy atom. The Balaban J connectivity index is 2.20. The molecule has 0 unspecified atom stereocenters. The summed E-state index contributed by atoms with van der Waals surface area (Å²) in [6, 6.07) is 6.81. The van der Waals surface area contributed by atoms with E-state index in [9.17, 15) is 8.42 Å². The second-order valence-electron chi connectivity index (χ2n) is 4.12.